The van der Waals surface area contributed by atoms with Crippen LogP contribution in [0.15, 0.2) is 48.6 Å². The number of aryl methyl sites for hydroxylation is 1. The lowest BCUT2D eigenvalue weighted by molar-refractivity contribution is -0.110. The summed E-state index contributed by atoms with van der Waals surface area (Å²) in [4.78, 5) is 12.1. The molecule has 0 aromatic heterocycles. The standard InChI is InChI=1S/C21H22O4/c1-15-8-16(11-20(9-15)24-2)4-6-19(23)7-5-17-10-18(14-22)13-21(12-17)25-3/h4-13,22H,14H2,1-3H3/b6-4+,7-5+. The van der Waals surface area contributed by atoms with Gasteiger partial charge in [-0.25, -0.2) is 0 Å². The Kier molecular flexibility index (Phi) is 6.54. The third-order valence-corrected chi connectivity index (χ3v) is 3.60. The molecule has 0 aliphatic heterocycles. The van der Waals surface area contributed by atoms with Crippen molar-refractivity contribution >= 4 is 17.9 Å². The van der Waals surface area contributed by atoms with Crippen molar-refractivity contribution in [1.82, 2.24) is 0 Å². The maximum absolute atomic E-state index is 12.1. The van der Waals surface area contributed by atoms with Gasteiger partial charge in [0.2, 0.25) is 0 Å². The summed E-state index contributed by atoms with van der Waals surface area (Å²) >= 11 is 0. The van der Waals surface area contributed by atoms with Crippen LogP contribution in [-0.2, 0) is 11.4 Å². The minimum Gasteiger partial charge on any atom is -0.497 e. The Morgan fingerprint density at radius 1 is 0.920 bits per heavy atom. The zero-order valence-electron chi connectivity index (χ0n) is 14.7. The monoisotopic (exact) mass is 338 g/mol. The molecule has 0 aliphatic rings. The molecule has 0 amide bonds. The number of carbonyl (C=O) groups is 1. The predicted molar refractivity (Wildman–Crippen MR) is 99.7 cm³/mol. The van der Waals surface area contributed by atoms with E-state index in [9.17, 15) is 9.90 Å². The highest BCUT2D eigenvalue weighted by Crippen LogP contribution is 2.19. The van der Waals surface area contributed by atoms with Gasteiger partial charge in [0.25, 0.3) is 0 Å². The average molecular weight is 338 g/mol. The SMILES string of the molecule is COc1cc(C)cc(/C=C/C(=O)/C=C/c2cc(CO)cc(OC)c2)c1. The van der Waals surface area contributed by atoms with Crippen molar-refractivity contribution in [3.8, 4) is 11.5 Å². The van der Waals surface area contributed by atoms with Crippen molar-refractivity contribution < 1.29 is 19.4 Å². The van der Waals surface area contributed by atoms with Gasteiger partial charge in [0.15, 0.2) is 5.78 Å². The van der Waals surface area contributed by atoms with Crippen molar-refractivity contribution in [3.05, 3.63) is 70.8 Å². The lowest BCUT2D eigenvalue weighted by Crippen LogP contribution is -1.90. The fraction of sp³-hybridized carbons (Fsp3) is 0.190. The second-order valence-corrected chi connectivity index (χ2v) is 5.63. The number of hydrogen-bond donors (Lipinski definition) is 1. The van der Waals surface area contributed by atoms with Crippen LogP contribution >= 0.6 is 0 Å². The summed E-state index contributed by atoms with van der Waals surface area (Å²) in [5.41, 5.74) is 3.49. The van der Waals surface area contributed by atoms with E-state index in [2.05, 4.69) is 0 Å². The van der Waals surface area contributed by atoms with Crippen LogP contribution in [0.4, 0.5) is 0 Å². The molecule has 25 heavy (non-hydrogen) atoms. The maximum atomic E-state index is 12.1. The second kappa shape index (κ2) is 8.85. The molecule has 4 nitrogen and oxygen atoms in total. The van der Waals surface area contributed by atoms with Gasteiger partial charge in [-0.3, -0.25) is 4.79 Å². The summed E-state index contributed by atoms with van der Waals surface area (Å²) in [7, 11) is 3.18. The zero-order chi connectivity index (χ0) is 18.2. The molecule has 130 valence electrons. The smallest absolute Gasteiger partial charge is 0.178 e. The first-order chi connectivity index (χ1) is 12.0. The number of hydrogen-bond acceptors (Lipinski definition) is 4. The minimum atomic E-state index is -0.131. The van der Waals surface area contributed by atoms with E-state index >= 15 is 0 Å². The van der Waals surface area contributed by atoms with Gasteiger partial charge in [0.05, 0.1) is 20.8 Å². The van der Waals surface area contributed by atoms with E-state index < -0.39 is 0 Å². The third-order valence-electron chi connectivity index (χ3n) is 3.60. The van der Waals surface area contributed by atoms with Crippen molar-refractivity contribution in [3.63, 3.8) is 0 Å². The topological polar surface area (TPSA) is 55.8 Å². The summed E-state index contributed by atoms with van der Waals surface area (Å²) in [6.45, 7) is 1.89. The Morgan fingerprint density at radius 3 is 2.04 bits per heavy atom. The fourth-order valence-corrected chi connectivity index (χ4v) is 2.39. The van der Waals surface area contributed by atoms with Crippen LogP contribution in [0.5, 0.6) is 11.5 Å². The van der Waals surface area contributed by atoms with Crippen LogP contribution in [0.3, 0.4) is 0 Å². The first-order valence-corrected chi connectivity index (χ1v) is 7.88. The average Bonchev–Trinajstić information content (AvgIpc) is 2.63. The van der Waals surface area contributed by atoms with E-state index in [0.717, 1.165) is 28.0 Å². The largest absolute Gasteiger partial charge is 0.497 e. The van der Waals surface area contributed by atoms with Gasteiger partial charge in [0, 0.05) is 0 Å². The van der Waals surface area contributed by atoms with E-state index in [1.807, 2.05) is 25.1 Å². The molecular weight excluding hydrogens is 316 g/mol. The van der Waals surface area contributed by atoms with Gasteiger partial charge in [-0.05, 0) is 71.7 Å². The molecule has 0 radical (unpaired) electrons. The molecule has 0 fully saturated rings. The number of ether oxygens (including phenoxy) is 2. The summed E-state index contributed by atoms with van der Waals surface area (Å²) in [5, 5.41) is 9.27. The van der Waals surface area contributed by atoms with E-state index in [0.29, 0.717) is 5.75 Å². The van der Waals surface area contributed by atoms with E-state index in [4.69, 9.17) is 9.47 Å². The number of methoxy groups -OCH3 is 2. The molecule has 1 N–H and O–H groups in total. The Bertz CT molecular complexity index is 781. The molecule has 0 bridgehead atoms. The van der Waals surface area contributed by atoms with E-state index in [1.54, 1.807) is 44.6 Å². The van der Waals surface area contributed by atoms with E-state index in [1.165, 1.54) is 12.2 Å². The fourth-order valence-electron chi connectivity index (χ4n) is 2.39. The second-order valence-electron chi connectivity index (χ2n) is 5.63. The zero-order valence-corrected chi connectivity index (χ0v) is 14.7. The summed E-state index contributed by atoms with van der Waals surface area (Å²) in [6, 6.07) is 11.1. The van der Waals surface area contributed by atoms with Crippen molar-refractivity contribution in [2.45, 2.75) is 13.5 Å². The number of allylic oxidation sites excluding steroid dienone is 2. The quantitative estimate of drug-likeness (QED) is 0.780. The van der Waals surface area contributed by atoms with Gasteiger partial charge in [-0.15, -0.1) is 0 Å². The lowest BCUT2D eigenvalue weighted by atomic mass is 10.1. The third kappa shape index (κ3) is 5.62. The Balaban J connectivity index is 2.12. The van der Waals surface area contributed by atoms with Gasteiger partial charge in [-0.2, -0.15) is 0 Å². The highest BCUT2D eigenvalue weighted by atomic mass is 16.5. The highest BCUT2D eigenvalue weighted by Gasteiger charge is 2.00. The number of benzene rings is 2. The summed E-state index contributed by atoms with van der Waals surface area (Å²) in [6.07, 6.45) is 6.45. The van der Waals surface area contributed by atoms with Crippen LogP contribution in [0.1, 0.15) is 22.3 Å². The normalized spacial score (nSPS) is 11.2. The molecule has 0 aliphatic carbocycles. The Labute approximate surface area is 148 Å². The molecule has 0 saturated carbocycles. The molecule has 2 aromatic carbocycles. The molecule has 2 rings (SSSR count). The minimum absolute atomic E-state index is 0.0823. The molecule has 2 aromatic rings. The molecular formula is C21H22O4. The summed E-state index contributed by atoms with van der Waals surface area (Å²) < 4.78 is 10.4. The Hall–Kier alpha value is -2.85. The molecule has 0 spiro atoms. The van der Waals surface area contributed by atoms with Gasteiger partial charge in [-0.1, -0.05) is 18.2 Å². The van der Waals surface area contributed by atoms with Crippen LogP contribution in [0.2, 0.25) is 0 Å². The molecule has 0 atom stereocenters. The van der Waals surface area contributed by atoms with Crippen LogP contribution < -0.4 is 9.47 Å². The number of aliphatic hydroxyl groups excluding tert-OH is 1. The molecule has 4 heteroatoms. The van der Waals surface area contributed by atoms with E-state index in [-0.39, 0.29) is 12.4 Å². The van der Waals surface area contributed by atoms with Gasteiger partial charge >= 0.3 is 0 Å². The van der Waals surface area contributed by atoms with Gasteiger partial charge in [0.1, 0.15) is 11.5 Å². The number of carbonyl (C=O) groups excluding carboxylic acids is 1. The molecule has 0 unspecified atom stereocenters. The van der Waals surface area contributed by atoms with Crippen LogP contribution in [0.25, 0.3) is 12.2 Å². The maximum Gasteiger partial charge on any atom is 0.178 e. The molecule has 0 saturated heterocycles. The summed E-state index contributed by atoms with van der Waals surface area (Å²) in [5.74, 6) is 1.27. The van der Waals surface area contributed by atoms with Crippen molar-refractivity contribution in [2.24, 2.45) is 0 Å². The first-order valence-electron chi connectivity index (χ1n) is 7.88. The van der Waals surface area contributed by atoms with Crippen molar-refractivity contribution in [1.29, 1.82) is 0 Å². The van der Waals surface area contributed by atoms with Crippen molar-refractivity contribution in [2.75, 3.05) is 14.2 Å². The number of aliphatic hydroxyl groups is 1. The van der Waals surface area contributed by atoms with Crippen LogP contribution in [-0.4, -0.2) is 25.1 Å². The van der Waals surface area contributed by atoms with Crippen LogP contribution in [0, 0.1) is 6.92 Å². The first kappa shape index (κ1) is 18.5. The number of rotatable bonds is 7. The Morgan fingerprint density at radius 2 is 1.48 bits per heavy atom. The predicted octanol–water partition coefficient (Wildman–Crippen LogP) is 3.80. The highest BCUT2D eigenvalue weighted by molar-refractivity contribution is 6.04. The van der Waals surface area contributed by atoms with Gasteiger partial charge < -0.3 is 14.6 Å². The molecule has 0 heterocycles. The lowest BCUT2D eigenvalue weighted by Gasteiger charge is -2.04. The number of ketones is 1.